The molecule has 2 rings (SSSR count). The highest BCUT2D eigenvalue weighted by Gasteiger charge is 2.17. The third kappa shape index (κ3) is 2.96. The van der Waals surface area contributed by atoms with Crippen LogP contribution in [0.25, 0.3) is 0 Å². The van der Waals surface area contributed by atoms with E-state index >= 15 is 0 Å². The number of aliphatic hydroxyl groups excluding tert-OH is 1. The Morgan fingerprint density at radius 1 is 1.00 bits per heavy atom. The van der Waals surface area contributed by atoms with Gasteiger partial charge in [0, 0.05) is 18.1 Å². The molecule has 0 spiro atoms. The fraction of sp³-hybridized carbons (Fsp3) is 0.200. The smallest absolute Gasteiger partial charge is 0.161 e. The Bertz CT molecular complexity index is 596. The monoisotopic (exact) mass is 266 g/mol. The van der Waals surface area contributed by atoms with Crippen LogP contribution < -0.4 is 0 Å². The highest BCUT2D eigenvalue weighted by Crippen LogP contribution is 2.24. The molecule has 2 aromatic carbocycles. The topological polar surface area (TPSA) is 20.2 Å². The largest absolute Gasteiger partial charge is 0.388 e. The van der Waals surface area contributed by atoms with E-state index in [2.05, 4.69) is 0 Å². The second-order valence-corrected chi connectivity index (χ2v) is 4.43. The number of aliphatic hydroxyl groups is 1. The Morgan fingerprint density at radius 2 is 1.63 bits per heavy atom. The normalized spacial score (nSPS) is 12.5. The molecule has 19 heavy (non-hydrogen) atoms. The van der Waals surface area contributed by atoms with Crippen LogP contribution in [0.2, 0.25) is 0 Å². The number of benzene rings is 2. The van der Waals surface area contributed by atoms with Crippen LogP contribution in [-0.2, 0) is 6.42 Å². The summed E-state index contributed by atoms with van der Waals surface area (Å²) in [5.74, 6) is -3.37. The highest BCUT2D eigenvalue weighted by atomic mass is 19.2. The summed E-state index contributed by atoms with van der Waals surface area (Å²) in [6.07, 6.45) is -1.06. The second-order valence-electron chi connectivity index (χ2n) is 4.43. The van der Waals surface area contributed by atoms with Crippen LogP contribution in [0.3, 0.4) is 0 Å². The Balaban J connectivity index is 2.28. The van der Waals surface area contributed by atoms with Gasteiger partial charge in [0.15, 0.2) is 11.6 Å². The van der Waals surface area contributed by atoms with Crippen molar-refractivity contribution < 1.29 is 18.3 Å². The van der Waals surface area contributed by atoms with Crippen molar-refractivity contribution in [3.63, 3.8) is 0 Å². The maximum absolute atomic E-state index is 13.5. The molecule has 0 aliphatic carbocycles. The van der Waals surface area contributed by atoms with E-state index in [0.717, 1.165) is 11.1 Å². The number of aryl methyl sites for hydroxylation is 1. The summed E-state index contributed by atoms with van der Waals surface area (Å²) in [5.41, 5.74) is 1.55. The van der Waals surface area contributed by atoms with Gasteiger partial charge in [-0.1, -0.05) is 24.3 Å². The predicted molar refractivity (Wildman–Crippen MR) is 66.2 cm³/mol. The van der Waals surface area contributed by atoms with E-state index in [0.29, 0.717) is 12.1 Å². The second kappa shape index (κ2) is 5.45. The Hall–Kier alpha value is -1.81. The number of halogens is 3. The first-order valence-corrected chi connectivity index (χ1v) is 5.86. The van der Waals surface area contributed by atoms with Crippen LogP contribution in [-0.4, -0.2) is 5.11 Å². The average Bonchev–Trinajstić information content (AvgIpc) is 2.36. The van der Waals surface area contributed by atoms with E-state index in [-0.39, 0.29) is 12.0 Å². The molecular weight excluding hydrogens is 253 g/mol. The van der Waals surface area contributed by atoms with Crippen LogP contribution in [0.4, 0.5) is 13.2 Å². The van der Waals surface area contributed by atoms with E-state index in [1.54, 1.807) is 12.1 Å². The quantitative estimate of drug-likeness (QED) is 0.840. The van der Waals surface area contributed by atoms with Crippen LogP contribution in [0.5, 0.6) is 0 Å². The molecule has 1 nitrogen and oxygen atoms in total. The number of hydrogen-bond donors (Lipinski definition) is 1. The van der Waals surface area contributed by atoms with Gasteiger partial charge >= 0.3 is 0 Å². The first-order valence-electron chi connectivity index (χ1n) is 5.86. The molecule has 0 heterocycles. The highest BCUT2D eigenvalue weighted by molar-refractivity contribution is 5.29. The lowest BCUT2D eigenvalue weighted by atomic mass is 9.98. The lowest BCUT2D eigenvalue weighted by molar-refractivity contribution is 0.172. The Kier molecular flexibility index (Phi) is 3.90. The molecule has 1 atom stereocenters. The van der Waals surface area contributed by atoms with Crippen molar-refractivity contribution in [1.29, 1.82) is 0 Å². The molecule has 0 saturated carbocycles. The zero-order valence-electron chi connectivity index (χ0n) is 10.3. The van der Waals surface area contributed by atoms with Crippen LogP contribution in [0, 0.1) is 24.4 Å². The minimum Gasteiger partial charge on any atom is -0.388 e. The van der Waals surface area contributed by atoms with Crippen LogP contribution in [0.1, 0.15) is 22.8 Å². The molecule has 0 aromatic heterocycles. The van der Waals surface area contributed by atoms with Crippen molar-refractivity contribution >= 4 is 0 Å². The first kappa shape index (κ1) is 13.6. The summed E-state index contributed by atoms with van der Waals surface area (Å²) in [4.78, 5) is 0. The van der Waals surface area contributed by atoms with Gasteiger partial charge in [-0.15, -0.1) is 0 Å². The molecule has 0 saturated heterocycles. The van der Waals surface area contributed by atoms with E-state index in [4.69, 9.17) is 0 Å². The predicted octanol–water partition coefficient (Wildman–Crippen LogP) is 3.69. The van der Waals surface area contributed by atoms with E-state index < -0.39 is 23.6 Å². The fourth-order valence-electron chi connectivity index (χ4n) is 1.95. The summed E-state index contributed by atoms with van der Waals surface area (Å²) in [6, 6.07) is 8.47. The van der Waals surface area contributed by atoms with Crippen molar-refractivity contribution in [3.8, 4) is 0 Å². The first-order chi connectivity index (χ1) is 8.99. The fourth-order valence-corrected chi connectivity index (χ4v) is 1.95. The van der Waals surface area contributed by atoms with Crippen molar-refractivity contribution in [2.45, 2.75) is 19.4 Å². The van der Waals surface area contributed by atoms with E-state index in [1.807, 2.05) is 19.1 Å². The van der Waals surface area contributed by atoms with Crippen molar-refractivity contribution in [2.75, 3.05) is 0 Å². The van der Waals surface area contributed by atoms with E-state index in [9.17, 15) is 18.3 Å². The standard InChI is InChI=1S/C15H13F3O/c1-9-4-2-3-5-10(9)6-15(19)11-7-13(17)14(18)8-12(11)16/h2-5,7-8,15,19H,6H2,1H3. The van der Waals surface area contributed by atoms with Gasteiger partial charge in [-0.3, -0.25) is 0 Å². The van der Waals surface area contributed by atoms with Crippen molar-refractivity contribution in [1.82, 2.24) is 0 Å². The molecule has 0 amide bonds. The summed E-state index contributed by atoms with van der Waals surface area (Å²) < 4.78 is 39.4. The van der Waals surface area contributed by atoms with Crippen molar-refractivity contribution in [2.24, 2.45) is 0 Å². The summed E-state index contributed by atoms with van der Waals surface area (Å²) in [7, 11) is 0. The van der Waals surface area contributed by atoms with Gasteiger partial charge < -0.3 is 5.11 Å². The SMILES string of the molecule is Cc1ccccc1CC(O)c1cc(F)c(F)cc1F. The summed E-state index contributed by atoms with van der Waals surface area (Å²) >= 11 is 0. The van der Waals surface area contributed by atoms with Crippen molar-refractivity contribution in [3.05, 3.63) is 70.5 Å². The molecule has 2 aromatic rings. The number of hydrogen-bond acceptors (Lipinski definition) is 1. The molecule has 4 heteroatoms. The minimum absolute atomic E-state index is 0.147. The van der Waals surface area contributed by atoms with Crippen LogP contribution >= 0.6 is 0 Å². The molecule has 1 N–H and O–H groups in total. The lowest BCUT2D eigenvalue weighted by Crippen LogP contribution is -2.07. The van der Waals surface area contributed by atoms with Gasteiger partial charge in [-0.05, 0) is 24.1 Å². The third-order valence-electron chi connectivity index (χ3n) is 3.07. The molecule has 0 aliphatic heterocycles. The van der Waals surface area contributed by atoms with Gasteiger partial charge in [0.2, 0.25) is 0 Å². The molecule has 0 aliphatic rings. The Morgan fingerprint density at radius 3 is 2.32 bits per heavy atom. The summed E-state index contributed by atoms with van der Waals surface area (Å²) in [5, 5.41) is 9.97. The van der Waals surface area contributed by atoms with Crippen LogP contribution in [0.15, 0.2) is 36.4 Å². The minimum atomic E-state index is -1.26. The Labute approximate surface area is 109 Å². The van der Waals surface area contributed by atoms with Gasteiger partial charge in [0.25, 0.3) is 0 Å². The summed E-state index contributed by atoms with van der Waals surface area (Å²) in [6.45, 7) is 1.86. The van der Waals surface area contributed by atoms with Gasteiger partial charge in [-0.25, -0.2) is 13.2 Å². The zero-order chi connectivity index (χ0) is 14.0. The average molecular weight is 266 g/mol. The molecule has 100 valence electrons. The molecule has 1 unspecified atom stereocenters. The molecular formula is C15H13F3O. The molecule has 0 fully saturated rings. The third-order valence-corrected chi connectivity index (χ3v) is 3.07. The molecule has 0 bridgehead atoms. The van der Waals surface area contributed by atoms with Gasteiger partial charge in [0.1, 0.15) is 5.82 Å². The maximum atomic E-state index is 13.5. The van der Waals surface area contributed by atoms with Gasteiger partial charge in [0.05, 0.1) is 6.10 Å². The lowest BCUT2D eigenvalue weighted by Gasteiger charge is -2.14. The van der Waals surface area contributed by atoms with E-state index in [1.165, 1.54) is 0 Å². The van der Waals surface area contributed by atoms with Gasteiger partial charge in [-0.2, -0.15) is 0 Å². The maximum Gasteiger partial charge on any atom is 0.161 e. The zero-order valence-corrected chi connectivity index (χ0v) is 10.3. The number of rotatable bonds is 3. The molecule has 0 radical (unpaired) electrons.